The van der Waals surface area contributed by atoms with Gasteiger partial charge in [0.1, 0.15) is 0 Å². The molecule has 2 aromatic rings. The van der Waals surface area contributed by atoms with Gasteiger partial charge in [0.2, 0.25) is 0 Å². The van der Waals surface area contributed by atoms with Crippen LogP contribution >= 0.6 is 0 Å². The van der Waals surface area contributed by atoms with Crippen molar-refractivity contribution in [3.05, 3.63) is 40.1 Å². The predicted octanol–water partition coefficient (Wildman–Crippen LogP) is 3.99. The first-order chi connectivity index (χ1) is 9.50. The highest BCUT2D eigenvalue weighted by Gasteiger charge is 2.26. The second kappa shape index (κ2) is 4.58. The van der Waals surface area contributed by atoms with Crippen molar-refractivity contribution in [1.29, 1.82) is 0 Å². The molecule has 104 valence electrons. The van der Waals surface area contributed by atoms with Crippen LogP contribution in [0.4, 0.5) is 0 Å². The highest BCUT2D eigenvalue weighted by molar-refractivity contribution is 6.05. The van der Waals surface area contributed by atoms with Crippen molar-refractivity contribution < 1.29 is 9.90 Å². The fourth-order valence-corrected chi connectivity index (χ4v) is 3.25. The van der Waals surface area contributed by atoms with E-state index in [0.29, 0.717) is 11.5 Å². The van der Waals surface area contributed by atoms with Crippen molar-refractivity contribution in [3.63, 3.8) is 0 Å². The first-order valence-electron chi connectivity index (χ1n) is 7.16. The van der Waals surface area contributed by atoms with Crippen LogP contribution in [0.2, 0.25) is 0 Å². The van der Waals surface area contributed by atoms with E-state index in [4.69, 9.17) is 4.98 Å². The standard InChI is InChI=1S/C17H19NO2/c1-9-7-8-13-14(17(19)20)12-6-4-5-10(2)15(12)18-16(13)11(9)3/h7-8,10H,4-6H2,1-3H3,(H,19,20). The van der Waals surface area contributed by atoms with E-state index in [1.807, 2.05) is 26.0 Å². The zero-order chi connectivity index (χ0) is 14.4. The highest BCUT2D eigenvalue weighted by atomic mass is 16.4. The van der Waals surface area contributed by atoms with Gasteiger partial charge in [-0.3, -0.25) is 4.98 Å². The molecule has 0 spiro atoms. The number of carboxylic acid groups (broad SMARTS) is 1. The van der Waals surface area contributed by atoms with Crippen molar-refractivity contribution in [2.75, 3.05) is 0 Å². The third-order valence-electron chi connectivity index (χ3n) is 4.56. The van der Waals surface area contributed by atoms with E-state index in [1.165, 1.54) is 0 Å². The Hall–Kier alpha value is -1.90. The molecule has 0 amide bonds. The minimum Gasteiger partial charge on any atom is -0.478 e. The summed E-state index contributed by atoms with van der Waals surface area (Å²) in [5, 5.41) is 10.4. The van der Waals surface area contributed by atoms with Crippen molar-refractivity contribution >= 4 is 16.9 Å². The summed E-state index contributed by atoms with van der Waals surface area (Å²) in [6, 6.07) is 3.90. The van der Waals surface area contributed by atoms with Gasteiger partial charge in [0.25, 0.3) is 0 Å². The molecule has 3 heteroatoms. The number of fused-ring (bicyclic) bond motifs is 2. The lowest BCUT2D eigenvalue weighted by Gasteiger charge is -2.24. The molecule has 20 heavy (non-hydrogen) atoms. The molecule has 0 fully saturated rings. The Morgan fingerprint density at radius 2 is 2.10 bits per heavy atom. The average Bonchev–Trinajstić information content (AvgIpc) is 2.41. The van der Waals surface area contributed by atoms with Crippen LogP contribution < -0.4 is 0 Å². The molecular formula is C17H19NO2. The van der Waals surface area contributed by atoms with Gasteiger partial charge in [-0.25, -0.2) is 4.79 Å². The molecule has 1 aliphatic carbocycles. The summed E-state index contributed by atoms with van der Waals surface area (Å²) in [4.78, 5) is 16.6. The van der Waals surface area contributed by atoms with Crippen LogP contribution in [0.15, 0.2) is 12.1 Å². The molecule has 0 bridgehead atoms. The van der Waals surface area contributed by atoms with Crippen LogP contribution in [0.5, 0.6) is 0 Å². The van der Waals surface area contributed by atoms with Gasteiger partial charge >= 0.3 is 5.97 Å². The quantitative estimate of drug-likeness (QED) is 0.851. The van der Waals surface area contributed by atoms with Crippen LogP contribution in [0.1, 0.15) is 58.4 Å². The number of nitrogens with zero attached hydrogens (tertiary/aromatic N) is 1. The second-order valence-corrected chi connectivity index (χ2v) is 5.85. The Labute approximate surface area is 118 Å². The van der Waals surface area contributed by atoms with Crippen molar-refractivity contribution in [2.45, 2.75) is 46.0 Å². The van der Waals surface area contributed by atoms with Crippen molar-refractivity contribution in [3.8, 4) is 0 Å². The molecule has 0 radical (unpaired) electrons. The lowest BCUT2D eigenvalue weighted by molar-refractivity contribution is 0.0697. The fraction of sp³-hybridized carbons (Fsp3) is 0.412. The second-order valence-electron chi connectivity index (χ2n) is 5.85. The molecule has 1 aromatic heterocycles. The summed E-state index contributed by atoms with van der Waals surface area (Å²) in [6.45, 7) is 6.21. The van der Waals surface area contributed by atoms with Crippen LogP contribution in [-0.2, 0) is 6.42 Å². The van der Waals surface area contributed by atoms with Crippen molar-refractivity contribution in [1.82, 2.24) is 4.98 Å². The number of carbonyl (C=O) groups is 1. The van der Waals surface area contributed by atoms with Gasteiger partial charge in [0.05, 0.1) is 11.1 Å². The predicted molar refractivity (Wildman–Crippen MR) is 79.5 cm³/mol. The lowest BCUT2D eigenvalue weighted by atomic mass is 9.83. The molecule has 1 heterocycles. The number of aromatic nitrogens is 1. The molecule has 3 rings (SSSR count). The molecule has 3 nitrogen and oxygen atoms in total. The van der Waals surface area contributed by atoms with Gasteiger partial charge in [-0.05, 0) is 55.7 Å². The normalized spacial score (nSPS) is 18.1. The van der Waals surface area contributed by atoms with E-state index in [9.17, 15) is 9.90 Å². The van der Waals surface area contributed by atoms with E-state index in [1.54, 1.807) is 0 Å². The maximum absolute atomic E-state index is 11.8. The smallest absolute Gasteiger partial charge is 0.336 e. The molecule has 0 saturated carbocycles. The van der Waals surface area contributed by atoms with Gasteiger partial charge in [-0.2, -0.15) is 0 Å². The van der Waals surface area contributed by atoms with Crippen LogP contribution in [0, 0.1) is 13.8 Å². The SMILES string of the molecule is Cc1ccc2c(C(=O)O)c3c(nc2c1C)C(C)CCC3. The number of hydrogen-bond acceptors (Lipinski definition) is 2. The summed E-state index contributed by atoms with van der Waals surface area (Å²) in [7, 11) is 0. The summed E-state index contributed by atoms with van der Waals surface area (Å²) in [5.74, 6) is -0.479. The zero-order valence-corrected chi connectivity index (χ0v) is 12.2. The Balaban J connectivity index is 2.47. The summed E-state index contributed by atoms with van der Waals surface area (Å²) in [5.41, 5.74) is 5.52. The lowest BCUT2D eigenvalue weighted by Crippen LogP contribution is -2.16. The Bertz CT molecular complexity index is 719. The highest BCUT2D eigenvalue weighted by Crippen LogP contribution is 2.36. The summed E-state index contributed by atoms with van der Waals surface area (Å²) >= 11 is 0. The van der Waals surface area contributed by atoms with E-state index < -0.39 is 5.97 Å². The molecule has 1 atom stereocenters. The van der Waals surface area contributed by atoms with Gasteiger partial charge < -0.3 is 5.11 Å². The molecule has 0 aliphatic heterocycles. The first kappa shape index (κ1) is 13.1. The maximum Gasteiger partial charge on any atom is 0.336 e. The Kier molecular flexibility index (Phi) is 3.00. The monoisotopic (exact) mass is 269 g/mol. The number of rotatable bonds is 1. The summed E-state index contributed by atoms with van der Waals surface area (Å²) in [6.07, 6.45) is 2.97. The Morgan fingerprint density at radius 3 is 2.80 bits per heavy atom. The molecule has 1 aromatic carbocycles. The topological polar surface area (TPSA) is 50.2 Å². The third-order valence-corrected chi connectivity index (χ3v) is 4.56. The number of aryl methyl sites for hydroxylation is 2. The van der Waals surface area contributed by atoms with Crippen LogP contribution in [-0.4, -0.2) is 16.1 Å². The summed E-state index contributed by atoms with van der Waals surface area (Å²) < 4.78 is 0. The van der Waals surface area contributed by atoms with E-state index >= 15 is 0 Å². The molecular weight excluding hydrogens is 250 g/mol. The average molecular weight is 269 g/mol. The minimum absolute atomic E-state index is 0.348. The van der Waals surface area contributed by atoms with Gasteiger partial charge in [-0.1, -0.05) is 19.1 Å². The van der Waals surface area contributed by atoms with Gasteiger partial charge in [0.15, 0.2) is 0 Å². The number of aromatic carboxylic acids is 1. The zero-order valence-electron chi connectivity index (χ0n) is 12.2. The largest absolute Gasteiger partial charge is 0.478 e. The van der Waals surface area contributed by atoms with Gasteiger partial charge in [0, 0.05) is 11.1 Å². The minimum atomic E-state index is -0.828. The van der Waals surface area contributed by atoms with Crippen molar-refractivity contribution in [2.24, 2.45) is 0 Å². The molecule has 1 N–H and O–H groups in total. The van der Waals surface area contributed by atoms with Crippen LogP contribution in [0.3, 0.4) is 0 Å². The third kappa shape index (κ3) is 1.80. The Morgan fingerprint density at radius 1 is 1.35 bits per heavy atom. The van der Waals surface area contributed by atoms with Crippen LogP contribution in [0.25, 0.3) is 10.9 Å². The van der Waals surface area contributed by atoms with Gasteiger partial charge in [-0.15, -0.1) is 0 Å². The van der Waals surface area contributed by atoms with E-state index in [0.717, 1.165) is 52.5 Å². The number of pyridine rings is 1. The number of carboxylic acids is 1. The number of benzene rings is 1. The first-order valence-corrected chi connectivity index (χ1v) is 7.16. The fourth-order valence-electron chi connectivity index (χ4n) is 3.25. The maximum atomic E-state index is 11.8. The molecule has 1 aliphatic rings. The molecule has 0 saturated heterocycles. The number of hydrogen-bond donors (Lipinski definition) is 1. The van der Waals surface area contributed by atoms with E-state index in [-0.39, 0.29) is 0 Å². The van der Waals surface area contributed by atoms with E-state index in [2.05, 4.69) is 6.92 Å². The molecule has 1 unspecified atom stereocenters.